The standard InChI is InChI=1S/C21H18N2O5/c24-18-11-17(22-12-19(18)28-13-15-4-2-1-3-5-15)21(27)23-16-8-6-14(7-9-16)10-20(25)26/h1-9,11-12H,10,13H2,(H,22,24)(H,23,27)(H,25,26). The lowest BCUT2D eigenvalue weighted by Gasteiger charge is -2.08. The van der Waals surface area contributed by atoms with Crippen LogP contribution in [0.5, 0.6) is 5.75 Å². The minimum Gasteiger partial charge on any atom is -0.483 e. The lowest BCUT2D eigenvalue weighted by Crippen LogP contribution is -2.17. The summed E-state index contributed by atoms with van der Waals surface area (Å²) in [6, 6.07) is 17.0. The van der Waals surface area contributed by atoms with E-state index in [1.165, 1.54) is 12.3 Å². The number of carboxylic acids is 1. The van der Waals surface area contributed by atoms with Crippen molar-refractivity contribution in [3.8, 4) is 5.75 Å². The first kappa shape index (κ1) is 18.9. The maximum absolute atomic E-state index is 12.3. The third kappa shape index (κ3) is 5.07. The van der Waals surface area contributed by atoms with Gasteiger partial charge in [0.25, 0.3) is 5.91 Å². The fraction of sp³-hybridized carbons (Fsp3) is 0.0952. The van der Waals surface area contributed by atoms with Crippen molar-refractivity contribution in [2.24, 2.45) is 0 Å². The summed E-state index contributed by atoms with van der Waals surface area (Å²) in [6.45, 7) is 0.248. The molecule has 0 fully saturated rings. The summed E-state index contributed by atoms with van der Waals surface area (Å²) in [4.78, 5) is 37.9. The molecule has 3 rings (SSSR count). The zero-order valence-electron chi connectivity index (χ0n) is 14.8. The molecule has 1 heterocycles. The Labute approximate surface area is 160 Å². The average Bonchev–Trinajstić information content (AvgIpc) is 2.69. The van der Waals surface area contributed by atoms with Crippen LogP contribution in [0.2, 0.25) is 0 Å². The van der Waals surface area contributed by atoms with Crippen molar-refractivity contribution in [2.45, 2.75) is 13.0 Å². The molecule has 0 saturated heterocycles. The van der Waals surface area contributed by atoms with Gasteiger partial charge in [0, 0.05) is 18.0 Å². The molecule has 7 heteroatoms. The average molecular weight is 378 g/mol. The van der Waals surface area contributed by atoms with Crippen LogP contribution in [0.4, 0.5) is 5.69 Å². The molecule has 0 atom stereocenters. The van der Waals surface area contributed by atoms with Gasteiger partial charge in [-0.3, -0.25) is 14.4 Å². The van der Waals surface area contributed by atoms with Crippen LogP contribution in [0.3, 0.4) is 0 Å². The zero-order valence-corrected chi connectivity index (χ0v) is 14.8. The molecule has 3 aromatic rings. The monoisotopic (exact) mass is 378 g/mol. The van der Waals surface area contributed by atoms with Crippen molar-refractivity contribution < 1.29 is 19.4 Å². The van der Waals surface area contributed by atoms with Gasteiger partial charge in [0.15, 0.2) is 5.75 Å². The summed E-state index contributed by atoms with van der Waals surface area (Å²) in [5.74, 6) is -1.29. The molecule has 0 radical (unpaired) electrons. The highest BCUT2D eigenvalue weighted by Crippen LogP contribution is 2.12. The van der Waals surface area contributed by atoms with Crippen LogP contribution in [0.1, 0.15) is 21.6 Å². The van der Waals surface area contributed by atoms with Crippen LogP contribution in [0, 0.1) is 0 Å². The summed E-state index contributed by atoms with van der Waals surface area (Å²) in [5.41, 5.74) is 1.72. The molecular formula is C21H18N2O5. The molecule has 0 aliphatic heterocycles. The molecule has 1 amide bonds. The van der Waals surface area contributed by atoms with Crippen molar-refractivity contribution in [1.82, 2.24) is 4.98 Å². The predicted molar refractivity (Wildman–Crippen MR) is 104 cm³/mol. The molecular weight excluding hydrogens is 360 g/mol. The van der Waals surface area contributed by atoms with Gasteiger partial charge in [-0.25, -0.2) is 0 Å². The van der Waals surface area contributed by atoms with Gasteiger partial charge in [0.1, 0.15) is 12.3 Å². The number of pyridine rings is 1. The van der Waals surface area contributed by atoms with E-state index in [2.05, 4.69) is 10.3 Å². The minimum atomic E-state index is -0.927. The molecule has 2 aromatic carbocycles. The normalized spacial score (nSPS) is 10.3. The number of hydrogen-bond donors (Lipinski definition) is 3. The van der Waals surface area contributed by atoms with E-state index in [-0.39, 0.29) is 24.5 Å². The first-order chi connectivity index (χ1) is 13.5. The Balaban J connectivity index is 1.63. The number of carboxylic acid groups (broad SMARTS) is 1. The maximum Gasteiger partial charge on any atom is 0.307 e. The topological polar surface area (TPSA) is 108 Å². The molecule has 0 bridgehead atoms. The van der Waals surface area contributed by atoms with Gasteiger partial charge in [-0.15, -0.1) is 0 Å². The number of benzene rings is 2. The second-order valence-corrected chi connectivity index (χ2v) is 6.07. The van der Waals surface area contributed by atoms with E-state index in [4.69, 9.17) is 9.84 Å². The Morgan fingerprint density at radius 1 is 1.00 bits per heavy atom. The minimum absolute atomic E-state index is 0.0895. The van der Waals surface area contributed by atoms with Gasteiger partial charge in [-0.1, -0.05) is 42.5 Å². The van der Waals surface area contributed by atoms with Gasteiger partial charge in [-0.2, -0.15) is 0 Å². The number of aromatic nitrogens is 1. The maximum atomic E-state index is 12.3. The number of carbonyl (C=O) groups excluding carboxylic acids is 1. The summed E-state index contributed by atoms with van der Waals surface area (Å²) in [6.07, 6.45) is 1.27. The summed E-state index contributed by atoms with van der Waals surface area (Å²) >= 11 is 0. The molecule has 7 nitrogen and oxygen atoms in total. The van der Waals surface area contributed by atoms with Crippen molar-refractivity contribution in [3.05, 3.63) is 93.9 Å². The Morgan fingerprint density at radius 2 is 1.71 bits per heavy atom. The van der Waals surface area contributed by atoms with E-state index in [1.807, 2.05) is 30.3 Å². The van der Waals surface area contributed by atoms with Gasteiger partial charge >= 0.3 is 5.97 Å². The third-order valence-electron chi connectivity index (χ3n) is 3.93. The fourth-order valence-electron chi connectivity index (χ4n) is 2.52. The number of anilines is 1. The molecule has 3 N–H and O–H groups in total. The lowest BCUT2D eigenvalue weighted by atomic mass is 10.1. The number of aliphatic carboxylic acids is 1. The Kier molecular flexibility index (Phi) is 5.86. The first-order valence-electron chi connectivity index (χ1n) is 8.53. The molecule has 0 saturated carbocycles. The number of nitrogens with one attached hydrogen (secondary N) is 2. The number of hydrogen-bond acceptors (Lipinski definition) is 4. The second-order valence-electron chi connectivity index (χ2n) is 6.07. The second kappa shape index (κ2) is 8.68. The van der Waals surface area contributed by atoms with Crippen LogP contribution < -0.4 is 15.5 Å². The largest absolute Gasteiger partial charge is 0.483 e. The Hall–Kier alpha value is -3.87. The van der Waals surface area contributed by atoms with Gasteiger partial charge < -0.3 is 20.1 Å². The van der Waals surface area contributed by atoms with Crippen molar-refractivity contribution in [1.29, 1.82) is 0 Å². The number of H-pyrrole nitrogens is 1. The molecule has 0 unspecified atom stereocenters. The van der Waals surface area contributed by atoms with Crippen LogP contribution in [0.15, 0.2) is 71.7 Å². The van der Waals surface area contributed by atoms with Gasteiger partial charge in [-0.05, 0) is 23.3 Å². The van der Waals surface area contributed by atoms with E-state index >= 15 is 0 Å². The predicted octanol–water partition coefficient (Wildman–Crippen LogP) is 2.83. The number of ether oxygens (including phenoxy) is 1. The molecule has 142 valence electrons. The fourth-order valence-corrected chi connectivity index (χ4v) is 2.52. The molecule has 0 aliphatic carbocycles. The lowest BCUT2D eigenvalue weighted by molar-refractivity contribution is -0.136. The third-order valence-corrected chi connectivity index (χ3v) is 3.93. The van der Waals surface area contributed by atoms with E-state index in [0.29, 0.717) is 11.3 Å². The SMILES string of the molecule is O=C(O)Cc1ccc(NC(=O)c2cc(=O)c(OCc3ccccc3)c[nH]2)cc1. The van der Waals surface area contributed by atoms with Crippen LogP contribution in [-0.2, 0) is 17.8 Å². The summed E-state index contributed by atoms with van der Waals surface area (Å²) in [7, 11) is 0. The molecule has 28 heavy (non-hydrogen) atoms. The van der Waals surface area contributed by atoms with E-state index in [0.717, 1.165) is 5.56 Å². The number of aromatic amines is 1. The van der Waals surface area contributed by atoms with Crippen LogP contribution in [0.25, 0.3) is 0 Å². The quantitative estimate of drug-likeness (QED) is 0.586. The highest BCUT2D eigenvalue weighted by molar-refractivity contribution is 6.02. The van der Waals surface area contributed by atoms with Crippen molar-refractivity contribution in [3.63, 3.8) is 0 Å². The highest BCUT2D eigenvalue weighted by atomic mass is 16.5. The van der Waals surface area contributed by atoms with Crippen molar-refractivity contribution in [2.75, 3.05) is 5.32 Å². The van der Waals surface area contributed by atoms with Crippen molar-refractivity contribution >= 4 is 17.6 Å². The number of carbonyl (C=O) groups is 2. The van der Waals surface area contributed by atoms with E-state index in [9.17, 15) is 14.4 Å². The van der Waals surface area contributed by atoms with Gasteiger partial charge in [0.2, 0.25) is 5.43 Å². The Bertz CT molecular complexity index is 1030. The summed E-state index contributed by atoms with van der Waals surface area (Å²) in [5, 5.41) is 11.4. The highest BCUT2D eigenvalue weighted by Gasteiger charge is 2.10. The summed E-state index contributed by atoms with van der Waals surface area (Å²) < 4.78 is 5.50. The Morgan fingerprint density at radius 3 is 2.36 bits per heavy atom. The first-order valence-corrected chi connectivity index (χ1v) is 8.53. The molecule has 0 aliphatic rings. The smallest absolute Gasteiger partial charge is 0.307 e. The van der Waals surface area contributed by atoms with E-state index in [1.54, 1.807) is 24.3 Å². The van der Waals surface area contributed by atoms with Crippen LogP contribution >= 0.6 is 0 Å². The molecule has 1 aromatic heterocycles. The van der Waals surface area contributed by atoms with E-state index < -0.39 is 17.3 Å². The number of rotatable bonds is 7. The number of amides is 1. The van der Waals surface area contributed by atoms with Crippen LogP contribution in [-0.4, -0.2) is 22.0 Å². The molecule has 0 spiro atoms. The zero-order chi connectivity index (χ0) is 19.9. The van der Waals surface area contributed by atoms with Gasteiger partial charge in [0.05, 0.1) is 6.42 Å².